The molecular formula is C19H23FN2O4. The summed E-state index contributed by atoms with van der Waals surface area (Å²) < 4.78 is 18.1. The molecule has 0 N–H and O–H groups in total. The molecular weight excluding hydrogens is 339 g/mol. The van der Waals surface area contributed by atoms with E-state index in [4.69, 9.17) is 4.74 Å². The van der Waals surface area contributed by atoms with Gasteiger partial charge in [-0.15, -0.1) is 0 Å². The van der Waals surface area contributed by atoms with E-state index >= 15 is 0 Å². The van der Waals surface area contributed by atoms with Gasteiger partial charge in [0.15, 0.2) is 0 Å². The molecule has 140 valence electrons. The molecule has 0 spiro atoms. The van der Waals surface area contributed by atoms with Crippen LogP contribution in [-0.2, 0) is 19.1 Å². The molecule has 2 aliphatic heterocycles. The number of carbonyl (C=O) groups excluding carboxylic acids is 3. The molecule has 0 aromatic heterocycles. The number of hydrogen-bond acceptors (Lipinski definition) is 4. The molecule has 0 aliphatic carbocycles. The number of amides is 2. The Hall–Kier alpha value is -2.44. The molecule has 0 saturated carbocycles. The van der Waals surface area contributed by atoms with E-state index in [1.54, 1.807) is 21.9 Å². The van der Waals surface area contributed by atoms with Crippen LogP contribution in [0, 0.1) is 11.7 Å². The van der Waals surface area contributed by atoms with Crippen molar-refractivity contribution in [1.82, 2.24) is 9.80 Å². The Morgan fingerprint density at radius 2 is 1.96 bits per heavy atom. The lowest BCUT2D eigenvalue weighted by atomic mass is 9.89. The molecule has 0 radical (unpaired) electrons. The van der Waals surface area contributed by atoms with E-state index in [9.17, 15) is 18.8 Å². The first-order chi connectivity index (χ1) is 12.5. The monoisotopic (exact) mass is 362 g/mol. The largest absolute Gasteiger partial charge is 0.469 e. The highest BCUT2D eigenvalue weighted by atomic mass is 19.1. The first-order valence-electron chi connectivity index (χ1n) is 8.88. The van der Waals surface area contributed by atoms with Crippen molar-refractivity contribution in [1.29, 1.82) is 0 Å². The average molecular weight is 362 g/mol. The van der Waals surface area contributed by atoms with Gasteiger partial charge in [-0.25, -0.2) is 4.39 Å². The molecule has 0 bridgehead atoms. The van der Waals surface area contributed by atoms with E-state index in [0.29, 0.717) is 26.1 Å². The molecule has 0 unspecified atom stereocenters. The van der Waals surface area contributed by atoms with Gasteiger partial charge in [0.1, 0.15) is 5.82 Å². The fourth-order valence-corrected chi connectivity index (χ4v) is 3.77. The molecule has 6 nitrogen and oxygen atoms in total. The minimum atomic E-state index is -0.470. The van der Waals surface area contributed by atoms with Crippen LogP contribution < -0.4 is 0 Å². The van der Waals surface area contributed by atoms with Crippen LogP contribution in [0.2, 0.25) is 0 Å². The van der Waals surface area contributed by atoms with Gasteiger partial charge < -0.3 is 14.5 Å². The molecule has 2 heterocycles. The average Bonchev–Trinajstić information content (AvgIpc) is 3.26. The van der Waals surface area contributed by atoms with E-state index in [-0.39, 0.29) is 42.5 Å². The zero-order valence-electron chi connectivity index (χ0n) is 14.8. The molecule has 3 rings (SSSR count). The third-order valence-corrected chi connectivity index (χ3v) is 5.24. The standard InChI is InChI=1S/C19H23FN2O4/c1-26-19(25)16-12-22(11-15(16)13-4-6-14(20)7-5-13)18(24)8-10-21-9-2-3-17(21)23/h4-7,15-16H,2-3,8-12H2,1H3/t15-,16+/m1/s1. The van der Waals surface area contributed by atoms with E-state index < -0.39 is 5.92 Å². The van der Waals surface area contributed by atoms with Gasteiger partial charge in [0.25, 0.3) is 0 Å². The maximum Gasteiger partial charge on any atom is 0.311 e. The van der Waals surface area contributed by atoms with E-state index in [1.807, 2.05) is 0 Å². The number of benzene rings is 1. The van der Waals surface area contributed by atoms with Gasteiger partial charge in [0, 0.05) is 44.9 Å². The lowest BCUT2D eigenvalue weighted by Crippen LogP contribution is -2.34. The third kappa shape index (κ3) is 3.86. The quantitative estimate of drug-likeness (QED) is 0.746. The summed E-state index contributed by atoms with van der Waals surface area (Å²) in [5.41, 5.74) is 0.812. The van der Waals surface area contributed by atoms with Crippen LogP contribution in [0.1, 0.15) is 30.7 Å². The molecule has 2 atom stereocenters. The van der Waals surface area contributed by atoms with Crippen molar-refractivity contribution in [2.24, 2.45) is 5.92 Å². The molecule has 7 heteroatoms. The second-order valence-electron chi connectivity index (χ2n) is 6.82. The van der Waals surface area contributed by atoms with Crippen LogP contribution in [-0.4, -0.2) is 60.9 Å². The fourth-order valence-electron chi connectivity index (χ4n) is 3.77. The minimum Gasteiger partial charge on any atom is -0.469 e. The summed E-state index contributed by atoms with van der Waals surface area (Å²) in [5, 5.41) is 0. The van der Waals surface area contributed by atoms with Crippen molar-refractivity contribution in [3.63, 3.8) is 0 Å². The van der Waals surface area contributed by atoms with Crippen LogP contribution in [0.4, 0.5) is 4.39 Å². The van der Waals surface area contributed by atoms with Crippen LogP contribution in [0.5, 0.6) is 0 Å². The summed E-state index contributed by atoms with van der Waals surface area (Å²) in [6.07, 6.45) is 1.64. The summed E-state index contributed by atoms with van der Waals surface area (Å²) in [6, 6.07) is 6.00. The Labute approximate surface area is 151 Å². The van der Waals surface area contributed by atoms with Crippen molar-refractivity contribution in [2.75, 3.05) is 33.3 Å². The maximum absolute atomic E-state index is 13.2. The predicted octanol–water partition coefficient (Wildman–Crippen LogP) is 1.55. The minimum absolute atomic E-state index is 0.0804. The molecule has 2 fully saturated rings. The first kappa shape index (κ1) is 18.4. The highest BCUT2D eigenvalue weighted by molar-refractivity contribution is 5.82. The van der Waals surface area contributed by atoms with Crippen LogP contribution in [0.3, 0.4) is 0 Å². The van der Waals surface area contributed by atoms with Gasteiger partial charge in [0.05, 0.1) is 13.0 Å². The Morgan fingerprint density at radius 3 is 2.58 bits per heavy atom. The van der Waals surface area contributed by atoms with Crippen molar-refractivity contribution in [3.8, 4) is 0 Å². The van der Waals surface area contributed by atoms with Gasteiger partial charge in [-0.05, 0) is 24.1 Å². The Bertz CT molecular complexity index is 691. The second kappa shape index (κ2) is 7.85. The Morgan fingerprint density at radius 1 is 1.23 bits per heavy atom. The maximum atomic E-state index is 13.2. The summed E-state index contributed by atoms with van der Waals surface area (Å²) in [5.74, 6) is -1.39. The van der Waals surface area contributed by atoms with Gasteiger partial charge >= 0.3 is 5.97 Å². The number of halogens is 1. The summed E-state index contributed by atoms with van der Waals surface area (Å²) >= 11 is 0. The highest BCUT2D eigenvalue weighted by Gasteiger charge is 2.41. The van der Waals surface area contributed by atoms with Gasteiger partial charge in [-0.3, -0.25) is 14.4 Å². The molecule has 2 aliphatic rings. The lowest BCUT2D eigenvalue weighted by Gasteiger charge is -2.19. The van der Waals surface area contributed by atoms with Crippen molar-refractivity contribution < 1.29 is 23.5 Å². The van der Waals surface area contributed by atoms with Gasteiger partial charge in [0.2, 0.25) is 11.8 Å². The topological polar surface area (TPSA) is 66.9 Å². The number of esters is 1. The van der Waals surface area contributed by atoms with Crippen LogP contribution in [0.25, 0.3) is 0 Å². The molecule has 26 heavy (non-hydrogen) atoms. The van der Waals surface area contributed by atoms with E-state index in [1.165, 1.54) is 19.2 Å². The van der Waals surface area contributed by atoms with Gasteiger partial charge in [-0.2, -0.15) is 0 Å². The molecule has 1 aromatic carbocycles. The Balaban J connectivity index is 1.67. The number of hydrogen-bond donors (Lipinski definition) is 0. The summed E-state index contributed by atoms with van der Waals surface area (Å²) in [4.78, 5) is 39.8. The number of likely N-dealkylation sites (tertiary alicyclic amines) is 2. The van der Waals surface area contributed by atoms with Crippen molar-refractivity contribution in [2.45, 2.75) is 25.2 Å². The van der Waals surface area contributed by atoms with Gasteiger partial charge in [-0.1, -0.05) is 12.1 Å². The fraction of sp³-hybridized carbons (Fsp3) is 0.526. The zero-order valence-corrected chi connectivity index (χ0v) is 14.8. The molecule has 1 aromatic rings. The first-order valence-corrected chi connectivity index (χ1v) is 8.88. The normalized spacial score (nSPS) is 22.8. The Kier molecular flexibility index (Phi) is 5.54. The van der Waals surface area contributed by atoms with Crippen molar-refractivity contribution >= 4 is 17.8 Å². The lowest BCUT2D eigenvalue weighted by molar-refractivity contribution is -0.145. The number of ether oxygens (including phenoxy) is 1. The van der Waals surface area contributed by atoms with Crippen LogP contribution in [0.15, 0.2) is 24.3 Å². The number of rotatable bonds is 5. The number of methoxy groups -OCH3 is 1. The molecule has 2 amide bonds. The summed E-state index contributed by atoms with van der Waals surface area (Å²) in [6.45, 7) is 1.78. The highest BCUT2D eigenvalue weighted by Crippen LogP contribution is 2.34. The number of carbonyl (C=O) groups is 3. The van der Waals surface area contributed by atoms with E-state index in [0.717, 1.165) is 12.0 Å². The number of nitrogens with zero attached hydrogens (tertiary/aromatic N) is 2. The van der Waals surface area contributed by atoms with E-state index in [2.05, 4.69) is 0 Å². The smallest absolute Gasteiger partial charge is 0.311 e. The zero-order chi connectivity index (χ0) is 18.7. The second-order valence-corrected chi connectivity index (χ2v) is 6.82. The summed E-state index contributed by atoms with van der Waals surface area (Å²) in [7, 11) is 1.33. The predicted molar refractivity (Wildman–Crippen MR) is 91.7 cm³/mol. The van der Waals surface area contributed by atoms with Crippen molar-refractivity contribution in [3.05, 3.63) is 35.6 Å². The SMILES string of the molecule is COC(=O)[C@H]1CN(C(=O)CCN2CCCC2=O)C[C@@H]1c1ccc(F)cc1. The third-order valence-electron chi connectivity index (χ3n) is 5.24. The molecule has 2 saturated heterocycles. The van der Waals surface area contributed by atoms with Crippen LogP contribution >= 0.6 is 0 Å².